The lowest BCUT2D eigenvalue weighted by Crippen LogP contribution is -2.36. The Hall–Kier alpha value is -1.06. The van der Waals surface area contributed by atoms with Crippen LogP contribution < -0.4 is 5.73 Å². The molecule has 20 heavy (non-hydrogen) atoms. The molecule has 1 atom stereocenters. The van der Waals surface area contributed by atoms with E-state index in [1.807, 2.05) is 36.1 Å². The van der Waals surface area contributed by atoms with Gasteiger partial charge in [0.25, 0.3) is 0 Å². The van der Waals surface area contributed by atoms with Gasteiger partial charge in [0.05, 0.1) is 0 Å². The first-order valence-electron chi connectivity index (χ1n) is 7.37. The summed E-state index contributed by atoms with van der Waals surface area (Å²) >= 11 is 5.90. The highest BCUT2D eigenvalue weighted by atomic mass is 35.5. The third-order valence-corrected chi connectivity index (χ3v) is 4.05. The molecule has 1 aromatic rings. The van der Waals surface area contributed by atoms with E-state index in [9.17, 15) is 4.79 Å². The number of hydrogen-bond donors (Lipinski definition) is 1. The predicted octanol–water partition coefficient (Wildman–Crippen LogP) is 3.21. The van der Waals surface area contributed by atoms with Gasteiger partial charge < -0.3 is 10.6 Å². The van der Waals surface area contributed by atoms with E-state index >= 15 is 0 Å². The SMILES string of the molecule is CC(CCCN)C(=O)N(Cc1ccc(Cl)cc1)C1CC1. The minimum atomic E-state index is 0.0615. The Kier molecular flexibility index (Phi) is 5.44. The summed E-state index contributed by atoms with van der Waals surface area (Å²) in [5.41, 5.74) is 6.67. The maximum absolute atomic E-state index is 12.6. The van der Waals surface area contributed by atoms with Crippen LogP contribution in [0.2, 0.25) is 5.02 Å². The van der Waals surface area contributed by atoms with Crippen molar-refractivity contribution in [1.29, 1.82) is 0 Å². The van der Waals surface area contributed by atoms with Crippen molar-refractivity contribution >= 4 is 17.5 Å². The average Bonchev–Trinajstić information content (AvgIpc) is 3.28. The zero-order valence-electron chi connectivity index (χ0n) is 12.0. The molecule has 1 aromatic carbocycles. The van der Waals surface area contributed by atoms with Crippen LogP contribution in [0.25, 0.3) is 0 Å². The van der Waals surface area contributed by atoms with Crippen LogP contribution in [0.1, 0.15) is 38.2 Å². The summed E-state index contributed by atoms with van der Waals surface area (Å²) in [5, 5.41) is 0.731. The van der Waals surface area contributed by atoms with Crippen molar-refractivity contribution in [3.05, 3.63) is 34.9 Å². The van der Waals surface area contributed by atoms with Crippen molar-refractivity contribution in [2.75, 3.05) is 6.54 Å². The zero-order valence-corrected chi connectivity index (χ0v) is 12.8. The monoisotopic (exact) mass is 294 g/mol. The van der Waals surface area contributed by atoms with Gasteiger partial charge in [0, 0.05) is 23.5 Å². The summed E-state index contributed by atoms with van der Waals surface area (Å²) in [7, 11) is 0. The lowest BCUT2D eigenvalue weighted by molar-refractivity contribution is -0.136. The Morgan fingerprint density at radius 2 is 2.05 bits per heavy atom. The summed E-state index contributed by atoms with van der Waals surface area (Å²) in [6, 6.07) is 8.18. The molecule has 4 heteroatoms. The van der Waals surface area contributed by atoms with Gasteiger partial charge in [0.1, 0.15) is 0 Å². The minimum Gasteiger partial charge on any atom is -0.335 e. The third-order valence-electron chi connectivity index (χ3n) is 3.80. The molecule has 1 amide bonds. The van der Waals surface area contributed by atoms with E-state index in [4.69, 9.17) is 17.3 Å². The number of nitrogens with zero attached hydrogens (tertiary/aromatic N) is 1. The van der Waals surface area contributed by atoms with Crippen LogP contribution in [0.3, 0.4) is 0 Å². The summed E-state index contributed by atoms with van der Waals surface area (Å²) in [4.78, 5) is 14.6. The van der Waals surface area contributed by atoms with Crippen molar-refractivity contribution in [1.82, 2.24) is 4.90 Å². The standard InChI is InChI=1S/C16H23ClN2O/c1-12(3-2-10-18)16(20)19(15-8-9-15)11-13-4-6-14(17)7-5-13/h4-7,12,15H,2-3,8-11,18H2,1H3. The van der Waals surface area contributed by atoms with Crippen LogP contribution in [0.4, 0.5) is 0 Å². The maximum Gasteiger partial charge on any atom is 0.225 e. The molecule has 0 saturated heterocycles. The number of nitrogens with two attached hydrogens (primary N) is 1. The molecule has 0 radical (unpaired) electrons. The number of carbonyl (C=O) groups is 1. The van der Waals surface area contributed by atoms with Gasteiger partial charge in [0.2, 0.25) is 5.91 Å². The predicted molar refractivity (Wildman–Crippen MR) is 82.5 cm³/mol. The van der Waals surface area contributed by atoms with Crippen LogP contribution in [-0.4, -0.2) is 23.4 Å². The molecule has 1 saturated carbocycles. The fourth-order valence-electron chi connectivity index (χ4n) is 2.39. The lowest BCUT2D eigenvalue weighted by atomic mass is 10.0. The van der Waals surface area contributed by atoms with E-state index in [0.717, 1.165) is 36.3 Å². The topological polar surface area (TPSA) is 46.3 Å². The smallest absolute Gasteiger partial charge is 0.225 e. The fourth-order valence-corrected chi connectivity index (χ4v) is 2.52. The normalized spacial score (nSPS) is 15.9. The van der Waals surface area contributed by atoms with Crippen molar-refractivity contribution in [3.8, 4) is 0 Å². The van der Waals surface area contributed by atoms with Crippen LogP contribution in [0.5, 0.6) is 0 Å². The molecule has 0 aliphatic heterocycles. The first-order valence-corrected chi connectivity index (χ1v) is 7.74. The Morgan fingerprint density at radius 3 is 2.60 bits per heavy atom. The van der Waals surface area contributed by atoms with Crippen LogP contribution >= 0.6 is 11.6 Å². The molecule has 1 fully saturated rings. The number of carbonyl (C=O) groups excluding carboxylic acids is 1. The molecule has 1 aliphatic rings. The van der Waals surface area contributed by atoms with Gasteiger partial charge in [-0.15, -0.1) is 0 Å². The van der Waals surface area contributed by atoms with Crippen molar-refractivity contribution in [2.24, 2.45) is 11.7 Å². The largest absolute Gasteiger partial charge is 0.335 e. The number of benzene rings is 1. The third kappa shape index (κ3) is 4.22. The van der Waals surface area contributed by atoms with Crippen LogP contribution in [-0.2, 0) is 11.3 Å². The second-order valence-electron chi connectivity index (χ2n) is 5.66. The van der Waals surface area contributed by atoms with Gasteiger partial charge in [-0.05, 0) is 49.9 Å². The highest BCUT2D eigenvalue weighted by Gasteiger charge is 2.34. The van der Waals surface area contributed by atoms with Crippen molar-refractivity contribution in [3.63, 3.8) is 0 Å². The van der Waals surface area contributed by atoms with Gasteiger partial charge in [-0.2, -0.15) is 0 Å². The van der Waals surface area contributed by atoms with Crippen LogP contribution in [0, 0.1) is 5.92 Å². The quantitative estimate of drug-likeness (QED) is 0.839. The van der Waals surface area contributed by atoms with Gasteiger partial charge in [0.15, 0.2) is 0 Å². The summed E-state index contributed by atoms with van der Waals surface area (Å²) in [6.45, 7) is 3.35. The molecule has 0 spiro atoms. The number of rotatable bonds is 7. The first-order chi connectivity index (χ1) is 9.61. The van der Waals surface area contributed by atoms with E-state index in [1.165, 1.54) is 0 Å². The van der Waals surface area contributed by atoms with Gasteiger partial charge >= 0.3 is 0 Å². The molecule has 2 rings (SSSR count). The van der Waals surface area contributed by atoms with Gasteiger partial charge in [-0.3, -0.25) is 4.79 Å². The summed E-state index contributed by atoms with van der Waals surface area (Å²) < 4.78 is 0. The van der Waals surface area contributed by atoms with E-state index in [0.29, 0.717) is 19.1 Å². The highest BCUT2D eigenvalue weighted by molar-refractivity contribution is 6.30. The molecule has 2 N–H and O–H groups in total. The second-order valence-corrected chi connectivity index (χ2v) is 6.09. The van der Waals surface area contributed by atoms with E-state index in [1.54, 1.807) is 0 Å². The fraction of sp³-hybridized carbons (Fsp3) is 0.562. The Bertz CT molecular complexity index is 442. The molecular formula is C16H23ClN2O. The van der Waals surface area contributed by atoms with Crippen LogP contribution in [0.15, 0.2) is 24.3 Å². The van der Waals surface area contributed by atoms with Crippen molar-refractivity contribution < 1.29 is 4.79 Å². The molecule has 1 aliphatic carbocycles. The zero-order chi connectivity index (χ0) is 14.5. The summed E-state index contributed by atoms with van der Waals surface area (Å²) in [6.07, 6.45) is 4.04. The number of halogens is 1. The highest BCUT2D eigenvalue weighted by Crippen LogP contribution is 2.30. The molecule has 1 unspecified atom stereocenters. The number of amides is 1. The Morgan fingerprint density at radius 1 is 1.40 bits per heavy atom. The molecule has 3 nitrogen and oxygen atoms in total. The lowest BCUT2D eigenvalue weighted by Gasteiger charge is -2.26. The van der Waals surface area contributed by atoms with E-state index in [-0.39, 0.29) is 11.8 Å². The Balaban J connectivity index is 1.99. The average molecular weight is 295 g/mol. The Labute approximate surface area is 126 Å². The first kappa shape index (κ1) is 15.3. The molecule has 0 heterocycles. The molecule has 0 bridgehead atoms. The van der Waals surface area contributed by atoms with Gasteiger partial charge in [-0.1, -0.05) is 30.7 Å². The molecule has 110 valence electrons. The second kappa shape index (κ2) is 7.09. The minimum absolute atomic E-state index is 0.0615. The molecular weight excluding hydrogens is 272 g/mol. The molecule has 0 aromatic heterocycles. The maximum atomic E-state index is 12.6. The van der Waals surface area contributed by atoms with E-state index in [2.05, 4.69) is 0 Å². The number of hydrogen-bond acceptors (Lipinski definition) is 2. The summed E-state index contributed by atoms with van der Waals surface area (Å²) in [5.74, 6) is 0.322. The van der Waals surface area contributed by atoms with Gasteiger partial charge in [-0.25, -0.2) is 0 Å². The van der Waals surface area contributed by atoms with Crippen molar-refractivity contribution in [2.45, 2.75) is 45.2 Å². The van der Waals surface area contributed by atoms with E-state index < -0.39 is 0 Å².